The topological polar surface area (TPSA) is 35.6 Å². The van der Waals surface area contributed by atoms with Gasteiger partial charge in [-0.25, -0.2) is 0 Å². The minimum absolute atomic E-state index is 0.272. The molecule has 0 aromatic rings. The van der Waals surface area contributed by atoms with E-state index in [0.29, 0.717) is 11.9 Å². The molecule has 4 nitrogen and oxygen atoms in total. The van der Waals surface area contributed by atoms with Gasteiger partial charge in [-0.3, -0.25) is 9.69 Å². The molecule has 0 bridgehead atoms. The van der Waals surface area contributed by atoms with Crippen LogP contribution in [0.1, 0.15) is 32.6 Å². The van der Waals surface area contributed by atoms with Crippen molar-refractivity contribution < 1.29 is 4.79 Å². The second-order valence-electron chi connectivity index (χ2n) is 6.17. The number of nitrogens with zero attached hydrogens (tertiary/aromatic N) is 2. The fraction of sp³-hybridized carbons (Fsp3) is 0.929. The molecule has 2 aliphatic heterocycles. The summed E-state index contributed by atoms with van der Waals surface area (Å²) in [4.78, 5) is 17.1. The van der Waals surface area contributed by atoms with Gasteiger partial charge in [0, 0.05) is 44.2 Å². The Morgan fingerprint density at radius 2 is 1.83 bits per heavy atom. The Kier molecular flexibility index (Phi) is 3.57. The van der Waals surface area contributed by atoms with Crippen LogP contribution in [0, 0.1) is 5.92 Å². The minimum atomic E-state index is 0.272. The van der Waals surface area contributed by atoms with Crippen LogP contribution < -0.4 is 5.32 Å². The second-order valence-corrected chi connectivity index (χ2v) is 6.17. The number of amides is 1. The van der Waals surface area contributed by atoms with Gasteiger partial charge in [0.1, 0.15) is 0 Å². The lowest BCUT2D eigenvalue weighted by molar-refractivity contribution is -0.138. The van der Waals surface area contributed by atoms with E-state index < -0.39 is 0 Å². The zero-order chi connectivity index (χ0) is 12.5. The fourth-order valence-electron chi connectivity index (χ4n) is 3.36. The van der Waals surface area contributed by atoms with Gasteiger partial charge in [-0.05, 0) is 39.2 Å². The number of nitrogens with one attached hydrogen (secondary N) is 1. The zero-order valence-corrected chi connectivity index (χ0v) is 11.4. The zero-order valence-electron chi connectivity index (χ0n) is 11.4. The van der Waals surface area contributed by atoms with Crippen molar-refractivity contribution in [2.24, 2.45) is 5.92 Å². The Balaban J connectivity index is 1.50. The molecule has 2 saturated heterocycles. The lowest BCUT2D eigenvalue weighted by Crippen LogP contribution is -2.52. The standard InChI is InChI=1S/C14H25N3O/c1-11-10-12(4-5-15-11)14(18)17-8-6-16(7-9-17)13-2-3-13/h11-13,15H,2-10H2,1H3. The molecule has 0 aromatic carbocycles. The highest BCUT2D eigenvalue weighted by molar-refractivity contribution is 5.79. The van der Waals surface area contributed by atoms with Crippen molar-refractivity contribution in [2.45, 2.75) is 44.7 Å². The van der Waals surface area contributed by atoms with E-state index in [4.69, 9.17) is 0 Å². The van der Waals surface area contributed by atoms with E-state index in [1.165, 1.54) is 12.8 Å². The molecule has 18 heavy (non-hydrogen) atoms. The number of piperazine rings is 1. The third-order valence-electron chi connectivity index (χ3n) is 4.66. The molecule has 1 aliphatic carbocycles. The largest absolute Gasteiger partial charge is 0.340 e. The van der Waals surface area contributed by atoms with E-state index in [2.05, 4.69) is 22.0 Å². The Bertz CT molecular complexity index is 308. The predicted molar refractivity (Wildman–Crippen MR) is 71.4 cm³/mol. The predicted octanol–water partition coefficient (Wildman–Crippen LogP) is 0.681. The van der Waals surface area contributed by atoms with Crippen LogP contribution in [-0.2, 0) is 4.79 Å². The molecule has 0 aromatic heterocycles. The molecule has 102 valence electrons. The highest BCUT2D eigenvalue weighted by Crippen LogP contribution is 2.28. The first-order valence-electron chi connectivity index (χ1n) is 7.50. The lowest BCUT2D eigenvalue weighted by Gasteiger charge is -2.38. The average molecular weight is 251 g/mol. The summed E-state index contributed by atoms with van der Waals surface area (Å²) < 4.78 is 0. The number of piperidine rings is 1. The number of hydrogen-bond acceptors (Lipinski definition) is 3. The monoisotopic (exact) mass is 251 g/mol. The van der Waals surface area contributed by atoms with Crippen LogP contribution in [0.5, 0.6) is 0 Å². The number of rotatable bonds is 2. The van der Waals surface area contributed by atoms with Crippen molar-refractivity contribution in [3.05, 3.63) is 0 Å². The summed E-state index contributed by atoms with van der Waals surface area (Å²) in [5.41, 5.74) is 0. The molecule has 0 spiro atoms. The molecule has 2 atom stereocenters. The van der Waals surface area contributed by atoms with Crippen LogP contribution in [-0.4, -0.2) is 60.5 Å². The number of hydrogen-bond donors (Lipinski definition) is 1. The molecule has 3 fully saturated rings. The summed E-state index contributed by atoms with van der Waals surface area (Å²) in [7, 11) is 0. The maximum atomic E-state index is 12.5. The summed E-state index contributed by atoms with van der Waals surface area (Å²) in [5.74, 6) is 0.688. The van der Waals surface area contributed by atoms with Gasteiger partial charge in [-0.2, -0.15) is 0 Å². The second kappa shape index (κ2) is 5.17. The van der Waals surface area contributed by atoms with Gasteiger partial charge in [-0.1, -0.05) is 0 Å². The molecule has 0 radical (unpaired) electrons. The summed E-state index contributed by atoms with van der Waals surface area (Å²) in [6, 6.07) is 1.35. The van der Waals surface area contributed by atoms with Gasteiger partial charge >= 0.3 is 0 Å². The van der Waals surface area contributed by atoms with Crippen LogP contribution in [0.3, 0.4) is 0 Å². The first-order valence-corrected chi connectivity index (χ1v) is 7.50. The molecular formula is C14H25N3O. The Morgan fingerprint density at radius 1 is 1.11 bits per heavy atom. The first-order chi connectivity index (χ1) is 8.74. The van der Waals surface area contributed by atoms with Crippen LogP contribution in [0.2, 0.25) is 0 Å². The summed E-state index contributed by atoms with van der Waals surface area (Å²) in [6.45, 7) is 7.28. The van der Waals surface area contributed by atoms with Crippen molar-refractivity contribution >= 4 is 5.91 Å². The number of carbonyl (C=O) groups excluding carboxylic acids is 1. The molecular weight excluding hydrogens is 226 g/mol. The van der Waals surface area contributed by atoms with Gasteiger partial charge < -0.3 is 10.2 Å². The van der Waals surface area contributed by atoms with Crippen molar-refractivity contribution in [1.82, 2.24) is 15.1 Å². The minimum Gasteiger partial charge on any atom is -0.340 e. The van der Waals surface area contributed by atoms with Gasteiger partial charge in [0.05, 0.1) is 0 Å². The van der Waals surface area contributed by atoms with Crippen LogP contribution in [0.15, 0.2) is 0 Å². The molecule has 3 rings (SSSR count). The molecule has 1 N–H and O–H groups in total. The third-order valence-corrected chi connectivity index (χ3v) is 4.66. The highest BCUT2D eigenvalue weighted by Gasteiger charge is 2.34. The Morgan fingerprint density at radius 3 is 2.44 bits per heavy atom. The van der Waals surface area contributed by atoms with E-state index in [1.54, 1.807) is 0 Å². The van der Waals surface area contributed by atoms with Crippen LogP contribution >= 0.6 is 0 Å². The summed E-state index contributed by atoms with van der Waals surface area (Å²) in [5, 5.41) is 3.42. The molecule has 2 unspecified atom stereocenters. The molecule has 1 saturated carbocycles. The number of carbonyl (C=O) groups is 1. The lowest BCUT2D eigenvalue weighted by atomic mass is 9.92. The maximum absolute atomic E-state index is 12.5. The van der Waals surface area contributed by atoms with E-state index in [-0.39, 0.29) is 5.92 Å². The van der Waals surface area contributed by atoms with Crippen LogP contribution in [0.4, 0.5) is 0 Å². The van der Waals surface area contributed by atoms with Crippen molar-refractivity contribution in [3.8, 4) is 0 Å². The van der Waals surface area contributed by atoms with Gasteiger partial charge in [0.15, 0.2) is 0 Å². The molecule has 4 heteroatoms. The van der Waals surface area contributed by atoms with E-state index in [9.17, 15) is 4.79 Å². The normalized spacial score (nSPS) is 34.6. The van der Waals surface area contributed by atoms with E-state index >= 15 is 0 Å². The van der Waals surface area contributed by atoms with Gasteiger partial charge in [-0.15, -0.1) is 0 Å². The first kappa shape index (κ1) is 12.4. The average Bonchev–Trinajstić information content (AvgIpc) is 3.22. The smallest absolute Gasteiger partial charge is 0.225 e. The Hall–Kier alpha value is -0.610. The molecule has 3 aliphatic rings. The Labute approximate surface area is 110 Å². The highest BCUT2D eigenvalue weighted by atomic mass is 16.2. The van der Waals surface area contributed by atoms with E-state index in [0.717, 1.165) is 51.6 Å². The molecule has 1 amide bonds. The molecule has 2 heterocycles. The van der Waals surface area contributed by atoms with Crippen molar-refractivity contribution in [1.29, 1.82) is 0 Å². The van der Waals surface area contributed by atoms with Crippen molar-refractivity contribution in [3.63, 3.8) is 0 Å². The quantitative estimate of drug-likeness (QED) is 0.784. The van der Waals surface area contributed by atoms with Gasteiger partial charge in [0.2, 0.25) is 5.91 Å². The van der Waals surface area contributed by atoms with Crippen LogP contribution in [0.25, 0.3) is 0 Å². The van der Waals surface area contributed by atoms with E-state index in [1.807, 2.05) is 0 Å². The summed E-state index contributed by atoms with van der Waals surface area (Å²) >= 11 is 0. The fourth-order valence-corrected chi connectivity index (χ4v) is 3.36. The van der Waals surface area contributed by atoms with Crippen molar-refractivity contribution in [2.75, 3.05) is 32.7 Å². The third kappa shape index (κ3) is 2.69. The SMILES string of the molecule is CC1CC(C(=O)N2CCN(C3CC3)CC2)CCN1. The maximum Gasteiger partial charge on any atom is 0.225 e. The van der Waals surface area contributed by atoms with Gasteiger partial charge in [0.25, 0.3) is 0 Å². The summed E-state index contributed by atoms with van der Waals surface area (Å²) in [6.07, 6.45) is 4.78.